The molecule has 0 aliphatic heterocycles. The summed E-state index contributed by atoms with van der Waals surface area (Å²) >= 11 is 0. The summed E-state index contributed by atoms with van der Waals surface area (Å²) in [4.78, 5) is 0. The highest BCUT2D eigenvalue weighted by Crippen LogP contribution is 2.30. The van der Waals surface area contributed by atoms with Gasteiger partial charge in [-0.2, -0.15) is 0 Å². The molecule has 0 fully saturated rings. The van der Waals surface area contributed by atoms with Crippen LogP contribution in [0.2, 0.25) is 0 Å². The lowest BCUT2D eigenvalue weighted by Crippen LogP contribution is -2.12. The summed E-state index contributed by atoms with van der Waals surface area (Å²) in [5.41, 5.74) is 6.10. The van der Waals surface area contributed by atoms with Crippen molar-refractivity contribution < 1.29 is 0 Å². The van der Waals surface area contributed by atoms with Crippen molar-refractivity contribution in [3.8, 4) is 0 Å². The van der Waals surface area contributed by atoms with E-state index in [1.807, 2.05) is 0 Å². The maximum atomic E-state index is 2.35. The highest BCUT2D eigenvalue weighted by atomic mass is 14.2. The van der Waals surface area contributed by atoms with Crippen LogP contribution in [0.25, 0.3) is 0 Å². The molecule has 1 aromatic carbocycles. The van der Waals surface area contributed by atoms with Crippen LogP contribution >= 0.6 is 0 Å². The predicted octanol–water partition coefficient (Wildman–Crippen LogP) is 4.72. The third-order valence-corrected chi connectivity index (χ3v) is 3.04. The fourth-order valence-corrected chi connectivity index (χ4v) is 2.32. The molecule has 0 nitrogen and oxygen atoms in total. The van der Waals surface area contributed by atoms with Gasteiger partial charge in [-0.25, -0.2) is 0 Å². The van der Waals surface area contributed by atoms with Gasteiger partial charge in [0.2, 0.25) is 0 Å². The fraction of sp³-hybridized carbons (Fsp3) is 0.600. The molecule has 0 amide bonds. The van der Waals surface area contributed by atoms with Gasteiger partial charge in [-0.05, 0) is 47.4 Å². The number of aryl methyl sites for hydroxylation is 2. The molecule has 0 radical (unpaired) electrons. The van der Waals surface area contributed by atoms with Crippen molar-refractivity contribution in [1.82, 2.24) is 0 Å². The van der Waals surface area contributed by atoms with E-state index in [1.54, 1.807) is 0 Å². The molecule has 15 heavy (non-hydrogen) atoms. The lowest BCUT2D eigenvalue weighted by atomic mass is 9.82. The maximum Gasteiger partial charge on any atom is -0.0132 e. The minimum atomic E-state index is 0.255. The van der Waals surface area contributed by atoms with E-state index in [1.165, 1.54) is 22.3 Å². The Morgan fingerprint density at radius 3 is 1.60 bits per heavy atom. The summed E-state index contributed by atoms with van der Waals surface area (Å²) in [5, 5.41) is 0. The van der Waals surface area contributed by atoms with Crippen LogP contribution in [0.5, 0.6) is 0 Å². The fourth-order valence-electron chi connectivity index (χ4n) is 2.32. The van der Waals surface area contributed by atoms with E-state index in [-0.39, 0.29) is 5.41 Å². The number of hydrogen-bond donors (Lipinski definition) is 0. The van der Waals surface area contributed by atoms with E-state index >= 15 is 0 Å². The van der Waals surface area contributed by atoms with Crippen molar-refractivity contribution in [1.29, 1.82) is 0 Å². The zero-order valence-electron chi connectivity index (χ0n) is 11.2. The van der Waals surface area contributed by atoms with Crippen molar-refractivity contribution in [3.05, 3.63) is 34.4 Å². The monoisotopic (exact) mass is 204 g/mol. The third-order valence-electron chi connectivity index (χ3n) is 3.04. The van der Waals surface area contributed by atoms with Gasteiger partial charge in [-0.3, -0.25) is 0 Å². The first-order valence-electron chi connectivity index (χ1n) is 5.85. The molecule has 0 aromatic heterocycles. The van der Waals surface area contributed by atoms with E-state index in [2.05, 4.69) is 60.6 Å². The summed E-state index contributed by atoms with van der Waals surface area (Å²) in [6.45, 7) is 15.8. The van der Waals surface area contributed by atoms with Gasteiger partial charge >= 0.3 is 0 Å². The van der Waals surface area contributed by atoms with Crippen LogP contribution in [0.1, 0.15) is 62.8 Å². The van der Waals surface area contributed by atoms with Crippen molar-refractivity contribution >= 4 is 0 Å². The average molecular weight is 204 g/mol. The van der Waals surface area contributed by atoms with Gasteiger partial charge in [0.15, 0.2) is 0 Å². The Labute approximate surface area is 94.7 Å². The number of hydrogen-bond acceptors (Lipinski definition) is 0. The number of rotatable bonds is 1. The highest BCUT2D eigenvalue weighted by Gasteiger charge is 2.16. The summed E-state index contributed by atoms with van der Waals surface area (Å²) in [6.07, 6.45) is 0. The largest absolute Gasteiger partial charge is 0.0587 e. The second-order valence-electron chi connectivity index (χ2n) is 5.93. The third kappa shape index (κ3) is 2.62. The molecule has 0 heterocycles. The van der Waals surface area contributed by atoms with Crippen molar-refractivity contribution in [2.24, 2.45) is 0 Å². The van der Waals surface area contributed by atoms with Gasteiger partial charge < -0.3 is 0 Å². The van der Waals surface area contributed by atoms with Gasteiger partial charge in [-0.15, -0.1) is 0 Å². The minimum absolute atomic E-state index is 0.255. The maximum absolute atomic E-state index is 2.35. The van der Waals surface area contributed by atoms with E-state index in [9.17, 15) is 0 Å². The van der Waals surface area contributed by atoms with Crippen LogP contribution in [0, 0.1) is 13.8 Å². The van der Waals surface area contributed by atoms with E-state index in [4.69, 9.17) is 0 Å². The molecule has 0 saturated heterocycles. The second kappa shape index (κ2) is 4.00. The topological polar surface area (TPSA) is 0 Å². The van der Waals surface area contributed by atoms with Crippen LogP contribution in [-0.4, -0.2) is 0 Å². The molecular weight excluding hydrogens is 180 g/mol. The molecule has 0 spiro atoms. The lowest BCUT2D eigenvalue weighted by Gasteiger charge is -2.23. The minimum Gasteiger partial charge on any atom is -0.0587 e. The molecule has 0 heteroatoms. The molecule has 0 bridgehead atoms. The molecule has 1 rings (SSSR count). The van der Waals surface area contributed by atoms with Gasteiger partial charge in [0.1, 0.15) is 0 Å². The second-order valence-corrected chi connectivity index (χ2v) is 5.93. The Morgan fingerprint density at radius 2 is 1.33 bits per heavy atom. The Hall–Kier alpha value is -0.780. The molecule has 0 aliphatic rings. The molecule has 0 N–H and O–H groups in total. The first kappa shape index (κ1) is 12.3. The van der Waals surface area contributed by atoms with Crippen LogP contribution < -0.4 is 0 Å². The molecule has 0 unspecified atom stereocenters. The first-order valence-corrected chi connectivity index (χ1v) is 5.85. The molecular formula is C15H24. The number of benzene rings is 1. The van der Waals surface area contributed by atoms with Gasteiger partial charge in [0, 0.05) is 0 Å². The normalized spacial score (nSPS) is 12.3. The van der Waals surface area contributed by atoms with Crippen LogP contribution in [-0.2, 0) is 5.41 Å². The van der Waals surface area contributed by atoms with Crippen LogP contribution in [0.15, 0.2) is 12.1 Å². The van der Waals surface area contributed by atoms with Crippen molar-refractivity contribution in [3.63, 3.8) is 0 Å². The summed E-state index contributed by atoms with van der Waals surface area (Å²) in [5.74, 6) is 0.624. The van der Waals surface area contributed by atoms with Crippen molar-refractivity contribution in [2.45, 2.75) is 59.8 Å². The molecule has 0 saturated carbocycles. The Balaban J connectivity index is 3.32. The predicted molar refractivity (Wildman–Crippen MR) is 68.7 cm³/mol. The van der Waals surface area contributed by atoms with Gasteiger partial charge in [-0.1, -0.05) is 46.8 Å². The summed E-state index contributed by atoms with van der Waals surface area (Å²) in [6, 6.07) is 4.70. The molecule has 0 atom stereocenters. The average Bonchev–Trinajstić information content (AvgIpc) is 1.99. The zero-order chi connectivity index (χ0) is 11.8. The summed E-state index contributed by atoms with van der Waals surface area (Å²) in [7, 11) is 0. The van der Waals surface area contributed by atoms with Crippen LogP contribution in [0.3, 0.4) is 0 Å². The van der Waals surface area contributed by atoms with Gasteiger partial charge in [0.25, 0.3) is 0 Å². The molecule has 1 aromatic rings. The van der Waals surface area contributed by atoms with E-state index in [0.29, 0.717) is 5.92 Å². The summed E-state index contributed by atoms with van der Waals surface area (Å²) < 4.78 is 0. The quantitative estimate of drug-likeness (QED) is 0.620. The van der Waals surface area contributed by atoms with Gasteiger partial charge in [0.05, 0.1) is 0 Å². The standard InChI is InChI=1S/C15H24/c1-10(2)14-11(3)8-13(9-12(14)4)15(5,6)7/h8-10H,1-7H3. The Morgan fingerprint density at radius 1 is 0.933 bits per heavy atom. The molecule has 84 valence electrons. The zero-order valence-corrected chi connectivity index (χ0v) is 11.2. The van der Waals surface area contributed by atoms with Crippen molar-refractivity contribution in [2.75, 3.05) is 0 Å². The van der Waals surface area contributed by atoms with Crippen LogP contribution in [0.4, 0.5) is 0 Å². The highest BCUT2D eigenvalue weighted by molar-refractivity contribution is 5.41. The lowest BCUT2D eigenvalue weighted by molar-refractivity contribution is 0.588. The molecule has 0 aliphatic carbocycles. The first-order chi connectivity index (χ1) is 6.73. The Kier molecular flexibility index (Phi) is 3.28. The van der Waals surface area contributed by atoms with E-state index in [0.717, 1.165) is 0 Å². The SMILES string of the molecule is Cc1cc(C(C)(C)C)cc(C)c1C(C)C. The Bertz CT molecular complexity index is 328. The smallest absolute Gasteiger partial charge is 0.0132 e. The van der Waals surface area contributed by atoms with E-state index < -0.39 is 0 Å².